The minimum absolute atomic E-state index is 0.394. The van der Waals surface area contributed by atoms with Crippen molar-refractivity contribution in [1.29, 1.82) is 0 Å². The van der Waals surface area contributed by atoms with Gasteiger partial charge in [0.15, 0.2) is 0 Å². The molecule has 7 heterocycles. The SMILES string of the molecule is CC(C)n1ccc2cccc(Cl)c21.Cc1cc(Cl)c2c(c1)CCN2C(C)C.Cc1cc(Cl)c2c(ccn2C(C)C)c1.Cc1cccc2ccn(C(C)C)c12.[C-]#[N+]c1cc(C)cc2c1N(C(C)C)CC2.[C-]#[N+]c1cc(C)cc2ccn(C(C)C)c12.[C-]#[N+]c1cccc2ccn(C(C)C)c12. The lowest BCUT2D eigenvalue weighted by molar-refractivity contribution is 0.622. The summed E-state index contributed by atoms with van der Waals surface area (Å²) in [6, 6.07) is 48.9. The third-order valence-electron chi connectivity index (χ3n) is 18.0. The Balaban J connectivity index is 0.000000146. The van der Waals surface area contributed by atoms with Gasteiger partial charge in [-0.05, 0) is 243 Å². The van der Waals surface area contributed by atoms with E-state index in [1.54, 1.807) is 0 Å². The maximum absolute atomic E-state index is 7.24. The van der Waals surface area contributed by atoms with Gasteiger partial charge in [0, 0.05) is 103 Å². The van der Waals surface area contributed by atoms with Crippen LogP contribution in [0.1, 0.15) is 166 Å². The molecule has 0 N–H and O–H groups in total. The lowest BCUT2D eigenvalue weighted by atomic mass is 10.1. The second-order valence-corrected chi connectivity index (χ2v) is 29.1. The predicted molar refractivity (Wildman–Crippen MR) is 424 cm³/mol. The average Bonchev–Trinajstić information content (AvgIpc) is 1.64. The van der Waals surface area contributed by atoms with Crippen LogP contribution in [0.3, 0.4) is 0 Å². The van der Waals surface area contributed by atoms with Gasteiger partial charge in [0.2, 0.25) is 17.1 Å². The number of fused-ring (bicyclic) bond motifs is 7. The molecule has 0 atom stereocenters. The first kappa shape index (κ1) is 75.0. The van der Waals surface area contributed by atoms with E-state index >= 15 is 0 Å². The lowest BCUT2D eigenvalue weighted by Crippen LogP contribution is -2.28. The zero-order valence-corrected chi connectivity index (χ0v) is 63.3. The molecule has 0 saturated heterocycles. The number of nitrogens with zero attached hydrogens (tertiary/aromatic N) is 10. The molecular weight excluding hydrogens is 1270 g/mol. The molecule has 7 aromatic carbocycles. The van der Waals surface area contributed by atoms with Gasteiger partial charge < -0.3 is 32.6 Å². The van der Waals surface area contributed by atoms with Crippen LogP contribution in [0.25, 0.3) is 69.0 Å². The van der Waals surface area contributed by atoms with Crippen molar-refractivity contribution in [2.24, 2.45) is 0 Å². The Hall–Kier alpha value is -8.82. The number of benzene rings is 7. The summed E-state index contributed by atoms with van der Waals surface area (Å²) in [5, 5.41) is 8.67. The molecule has 98 heavy (non-hydrogen) atoms. The van der Waals surface area contributed by atoms with Gasteiger partial charge in [-0.3, -0.25) is 0 Å². The fourth-order valence-electron chi connectivity index (χ4n) is 13.4. The van der Waals surface area contributed by atoms with Crippen molar-refractivity contribution in [3.63, 3.8) is 0 Å². The van der Waals surface area contributed by atoms with Crippen molar-refractivity contribution in [3.05, 3.63) is 253 Å². The average molecular weight is 1370 g/mol. The molecule has 0 aliphatic carbocycles. The van der Waals surface area contributed by atoms with Crippen molar-refractivity contribution in [2.75, 3.05) is 22.9 Å². The van der Waals surface area contributed by atoms with Gasteiger partial charge in [-0.15, -0.1) is 0 Å². The molecule has 13 heteroatoms. The number of anilines is 2. The van der Waals surface area contributed by atoms with Crippen LogP contribution in [0.4, 0.5) is 28.4 Å². The summed E-state index contributed by atoms with van der Waals surface area (Å²) >= 11 is 18.6. The molecule has 0 unspecified atom stereocenters. The van der Waals surface area contributed by atoms with E-state index in [0.717, 1.165) is 96.5 Å². The topological polar surface area (TPSA) is 44.2 Å². The standard InChI is InChI=1S/C13H16N2.C13H14N2.C12H16ClN.C12H14ClN.C12H12N2.C12H15N.C11H12ClN/c2*1-9(2)15-6-5-11-7-10(3)8-12(14-4)13(11)15;2*1-8(2)14-5-4-10-6-9(3)7-11(13)12(10)14;1-9(2)14-8-7-10-5-4-6-11(13-3)12(10)14;1-9(2)13-8-7-11-6-4-5-10(3)12(11)13;1-8(2)13-7-6-9-4-3-5-10(12)11(9)13/h7-9H,5-6H2,1-3H3;5-9H,1-3H3;6-8H,4-5H2,1-3H3;4-8H,1-3H3;4-9H,1-2H3;4-9H,1-3H3;3-8H,1-2H3. The summed E-state index contributed by atoms with van der Waals surface area (Å²) in [7, 11) is 0. The van der Waals surface area contributed by atoms with Gasteiger partial charge in [-0.25, -0.2) is 14.5 Å². The highest BCUT2D eigenvalue weighted by atomic mass is 35.5. The van der Waals surface area contributed by atoms with Gasteiger partial charge in [-0.2, -0.15) is 0 Å². The molecule has 0 bridgehead atoms. The normalized spacial score (nSPS) is 12.2. The summed E-state index contributed by atoms with van der Waals surface area (Å²) in [6.45, 7) is 64.5. The Kier molecular flexibility index (Phi) is 25.4. The molecule has 0 amide bonds. The Morgan fingerprint density at radius 3 is 1.15 bits per heavy atom. The number of aryl methyl sites for hydroxylation is 5. The summed E-state index contributed by atoms with van der Waals surface area (Å²) < 4.78 is 11.0. The van der Waals surface area contributed by atoms with Crippen molar-refractivity contribution < 1.29 is 0 Å². The van der Waals surface area contributed by atoms with Crippen LogP contribution in [0.15, 0.2) is 164 Å². The number of hydrogen-bond acceptors (Lipinski definition) is 2. The van der Waals surface area contributed by atoms with Gasteiger partial charge in [0.1, 0.15) is 0 Å². The number of rotatable bonds is 7. The van der Waals surface area contributed by atoms with Gasteiger partial charge in [-0.1, -0.05) is 125 Å². The van der Waals surface area contributed by atoms with Crippen LogP contribution in [0.5, 0.6) is 0 Å². The number of hydrogen-bond donors (Lipinski definition) is 0. The highest BCUT2D eigenvalue weighted by molar-refractivity contribution is 6.35. The molecule has 510 valence electrons. The van der Waals surface area contributed by atoms with Crippen LogP contribution in [-0.4, -0.2) is 48.0 Å². The maximum atomic E-state index is 7.24. The molecule has 0 radical (unpaired) electrons. The largest absolute Gasteiger partial charge is 0.377 e. The first-order valence-corrected chi connectivity index (χ1v) is 35.6. The number of halogens is 3. The third kappa shape index (κ3) is 17.2. The highest BCUT2D eigenvalue weighted by Gasteiger charge is 2.26. The molecular formula is C85H99Cl3N10. The quantitative estimate of drug-likeness (QED) is 0.149. The smallest absolute Gasteiger partial charge is 0.211 e. The fraction of sp³-hybridized carbons (Fsp3) is 0.353. The third-order valence-corrected chi connectivity index (χ3v) is 18.9. The molecule has 0 fully saturated rings. The van der Waals surface area contributed by atoms with E-state index in [1.165, 1.54) is 66.4 Å². The fourth-order valence-corrected chi connectivity index (χ4v) is 14.5. The van der Waals surface area contributed by atoms with Gasteiger partial charge in [0.05, 0.1) is 68.1 Å². The Morgan fingerprint density at radius 2 is 0.663 bits per heavy atom. The monoisotopic (exact) mass is 1360 g/mol. The molecule has 0 spiro atoms. The second kappa shape index (κ2) is 33.2. The zero-order chi connectivity index (χ0) is 71.6. The molecule has 14 rings (SSSR count). The van der Waals surface area contributed by atoms with Crippen molar-refractivity contribution in [3.8, 4) is 0 Å². The minimum Gasteiger partial charge on any atom is -0.377 e. The molecule has 2 aliphatic heterocycles. The Morgan fingerprint density at radius 1 is 0.316 bits per heavy atom. The highest BCUT2D eigenvalue weighted by Crippen LogP contribution is 2.41. The summed E-state index contributed by atoms with van der Waals surface area (Å²) in [4.78, 5) is 15.5. The van der Waals surface area contributed by atoms with E-state index in [1.807, 2.05) is 61.7 Å². The van der Waals surface area contributed by atoms with Crippen LogP contribution in [0, 0.1) is 54.3 Å². The second-order valence-electron chi connectivity index (χ2n) is 27.9. The molecule has 12 aromatic rings. The summed E-state index contributed by atoms with van der Waals surface area (Å²) in [5.41, 5.74) is 19.4. The van der Waals surface area contributed by atoms with Crippen LogP contribution in [-0.2, 0) is 12.8 Å². The zero-order valence-electron chi connectivity index (χ0n) is 61.1. The van der Waals surface area contributed by atoms with E-state index in [9.17, 15) is 0 Å². The van der Waals surface area contributed by atoms with E-state index in [-0.39, 0.29) is 0 Å². The van der Waals surface area contributed by atoms with E-state index in [2.05, 4.69) is 282 Å². The first-order valence-electron chi connectivity index (χ1n) is 34.5. The van der Waals surface area contributed by atoms with Crippen molar-refractivity contribution >= 4 is 118 Å². The lowest BCUT2D eigenvalue weighted by Gasteiger charge is -2.25. The van der Waals surface area contributed by atoms with E-state index in [0.29, 0.717) is 42.3 Å². The number of para-hydroxylation sites is 3. The van der Waals surface area contributed by atoms with Crippen LogP contribution in [0.2, 0.25) is 15.1 Å². The van der Waals surface area contributed by atoms with Gasteiger partial charge >= 0.3 is 0 Å². The number of aromatic nitrogens is 5. The van der Waals surface area contributed by atoms with Crippen LogP contribution < -0.4 is 9.80 Å². The van der Waals surface area contributed by atoms with E-state index < -0.39 is 0 Å². The summed E-state index contributed by atoms with van der Waals surface area (Å²) in [5.74, 6) is 0. The molecule has 0 saturated carbocycles. The van der Waals surface area contributed by atoms with Crippen LogP contribution >= 0.6 is 34.8 Å². The maximum Gasteiger partial charge on any atom is 0.211 e. The Labute approximate surface area is 599 Å². The predicted octanol–water partition coefficient (Wildman–Crippen LogP) is 26.2. The minimum atomic E-state index is 0.394. The Bertz CT molecular complexity index is 4780. The molecule has 2 aliphatic rings. The molecule has 10 nitrogen and oxygen atoms in total. The van der Waals surface area contributed by atoms with Crippen molar-refractivity contribution in [1.82, 2.24) is 22.8 Å². The summed E-state index contributed by atoms with van der Waals surface area (Å²) in [6.07, 6.45) is 12.7. The first-order chi connectivity index (χ1) is 46.6. The van der Waals surface area contributed by atoms with Crippen molar-refractivity contribution in [2.45, 2.75) is 187 Å². The van der Waals surface area contributed by atoms with Gasteiger partial charge in [0.25, 0.3) is 0 Å². The molecule has 5 aromatic heterocycles. The van der Waals surface area contributed by atoms with E-state index in [4.69, 9.17) is 54.5 Å².